The Labute approximate surface area is 155 Å². The van der Waals surface area contributed by atoms with Crippen molar-refractivity contribution in [3.05, 3.63) is 59.7 Å². The SMILES string of the molecule is Cc1ccccc1S(=O)(=O)N1CCN(c2ccc(C(C)(C)O)cc2)CC1. The minimum atomic E-state index is -3.45. The van der Waals surface area contributed by atoms with Crippen molar-refractivity contribution in [2.75, 3.05) is 31.1 Å². The Hall–Kier alpha value is -1.89. The molecule has 0 radical (unpaired) electrons. The molecule has 5 nitrogen and oxygen atoms in total. The van der Waals surface area contributed by atoms with Crippen molar-refractivity contribution >= 4 is 15.7 Å². The molecule has 1 aliphatic rings. The van der Waals surface area contributed by atoms with E-state index in [9.17, 15) is 13.5 Å². The van der Waals surface area contributed by atoms with Crippen molar-refractivity contribution in [2.24, 2.45) is 0 Å². The summed E-state index contributed by atoms with van der Waals surface area (Å²) < 4.78 is 27.3. The van der Waals surface area contributed by atoms with Crippen LogP contribution in [-0.2, 0) is 15.6 Å². The van der Waals surface area contributed by atoms with Crippen LogP contribution in [0.5, 0.6) is 0 Å². The number of anilines is 1. The maximum Gasteiger partial charge on any atom is 0.243 e. The lowest BCUT2D eigenvalue weighted by Gasteiger charge is -2.35. The predicted molar refractivity (Wildman–Crippen MR) is 104 cm³/mol. The quantitative estimate of drug-likeness (QED) is 0.894. The second-order valence-corrected chi connectivity index (χ2v) is 9.17. The highest BCUT2D eigenvalue weighted by Gasteiger charge is 2.29. The van der Waals surface area contributed by atoms with Crippen LogP contribution in [0.3, 0.4) is 0 Å². The van der Waals surface area contributed by atoms with Crippen molar-refractivity contribution in [1.29, 1.82) is 0 Å². The summed E-state index contributed by atoms with van der Waals surface area (Å²) in [6.45, 7) is 7.57. The Morgan fingerprint density at radius 3 is 2.04 bits per heavy atom. The topological polar surface area (TPSA) is 60.9 Å². The van der Waals surface area contributed by atoms with E-state index in [-0.39, 0.29) is 0 Å². The Morgan fingerprint density at radius 1 is 0.923 bits per heavy atom. The van der Waals surface area contributed by atoms with Gasteiger partial charge < -0.3 is 10.0 Å². The van der Waals surface area contributed by atoms with Crippen molar-refractivity contribution in [2.45, 2.75) is 31.3 Å². The summed E-state index contributed by atoms with van der Waals surface area (Å²) in [5, 5.41) is 10.1. The first-order valence-electron chi connectivity index (χ1n) is 8.83. The van der Waals surface area contributed by atoms with Crippen molar-refractivity contribution in [1.82, 2.24) is 4.31 Å². The second-order valence-electron chi connectivity index (χ2n) is 7.26. The highest BCUT2D eigenvalue weighted by Crippen LogP contribution is 2.25. The molecule has 140 valence electrons. The van der Waals surface area contributed by atoms with Gasteiger partial charge in [0.2, 0.25) is 10.0 Å². The van der Waals surface area contributed by atoms with Gasteiger partial charge in [-0.1, -0.05) is 30.3 Å². The highest BCUT2D eigenvalue weighted by atomic mass is 32.2. The maximum absolute atomic E-state index is 12.9. The van der Waals surface area contributed by atoms with Gasteiger partial charge in [0.25, 0.3) is 0 Å². The van der Waals surface area contributed by atoms with Crippen molar-refractivity contribution in [3.8, 4) is 0 Å². The monoisotopic (exact) mass is 374 g/mol. The highest BCUT2D eigenvalue weighted by molar-refractivity contribution is 7.89. The molecule has 0 saturated carbocycles. The Morgan fingerprint density at radius 2 is 1.50 bits per heavy atom. The summed E-state index contributed by atoms with van der Waals surface area (Å²) >= 11 is 0. The molecule has 1 heterocycles. The van der Waals surface area contributed by atoms with Gasteiger partial charge in [-0.15, -0.1) is 0 Å². The van der Waals surface area contributed by atoms with Crippen LogP contribution in [0.25, 0.3) is 0 Å². The van der Waals surface area contributed by atoms with Crippen LogP contribution in [0.15, 0.2) is 53.4 Å². The van der Waals surface area contributed by atoms with Gasteiger partial charge in [0.15, 0.2) is 0 Å². The summed E-state index contributed by atoms with van der Waals surface area (Å²) in [5.74, 6) is 0. The van der Waals surface area contributed by atoms with Gasteiger partial charge in [0.1, 0.15) is 0 Å². The zero-order valence-electron chi connectivity index (χ0n) is 15.5. The summed E-state index contributed by atoms with van der Waals surface area (Å²) in [7, 11) is -3.45. The number of nitrogens with zero attached hydrogens (tertiary/aromatic N) is 2. The van der Waals surface area contributed by atoms with E-state index in [1.165, 1.54) is 0 Å². The molecule has 0 unspecified atom stereocenters. The van der Waals surface area contributed by atoms with Gasteiger partial charge in [-0.2, -0.15) is 4.31 Å². The molecular formula is C20H26N2O3S. The lowest BCUT2D eigenvalue weighted by atomic mass is 9.98. The molecule has 3 rings (SSSR count). The fourth-order valence-corrected chi connectivity index (χ4v) is 4.90. The molecule has 0 aromatic heterocycles. The van der Waals surface area contributed by atoms with E-state index in [0.29, 0.717) is 31.1 Å². The smallest absolute Gasteiger partial charge is 0.243 e. The van der Waals surface area contributed by atoms with Gasteiger partial charge >= 0.3 is 0 Å². The minimum Gasteiger partial charge on any atom is -0.386 e. The number of aliphatic hydroxyl groups is 1. The van der Waals surface area contributed by atoms with Crippen LogP contribution in [0.2, 0.25) is 0 Å². The van der Waals surface area contributed by atoms with Crippen LogP contribution in [0.4, 0.5) is 5.69 Å². The number of hydrogen-bond acceptors (Lipinski definition) is 4. The molecule has 0 bridgehead atoms. The van der Waals surface area contributed by atoms with E-state index < -0.39 is 15.6 Å². The third-order valence-corrected chi connectivity index (χ3v) is 6.95. The Balaban J connectivity index is 1.70. The van der Waals surface area contributed by atoms with Crippen molar-refractivity contribution < 1.29 is 13.5 Å². The molecule has 1 aliphatic heterocycles. The van der Waals surface area contributed by atoms with Gasteiger partial charge in [-0.05, 0) is 50.1 Å². The number of benzene rings is 2. The van der Waals surface area contributed by atoms with E-state index >= 15 is 0 Å². The first-order valence-corrected chi connectivity index (χ1v) is 10.3. The predicted octanol–water partition coefficient (Wildman–Crippen LogP) is 2.73. The lowest BCUT2D eigenvalue weighted by Crippen LogP contribution is -2.48. The summed E-state index contributed by atoms with van der Waals surface area (Å²) in [6.07, 6.45) is 0. The number of hydrogen-bond donors (Lipinski definition) is 1. The standard InChI is InChI=1S/C20H26N2O3S/c1-16-6-4-5-7-19(16)26(24,25)22-14-12-21(13-15-22)18-10-8-17(9-11-18)20(2,3)23/h4-11,23H,12-15H2,1-3H3. The first-order chi connectivity index (χ1) is 12.2. The van der Waals surface area contributed by atoms with Gasteiger partial charge in [-0.3, -0.25) is 0 Å². The molecule has 0 amide bonds. The Bertz CT molecular complexity index is 863. The molecule has 1 saturated heterocycles. The average Bonchev–Trinajstić information content (AvgIpc) is 2.61. The van der Waals surface area contributed by atoms with Gasteiger partial charge in [0, 0.05) is 31.9 Å². The molecule has 0 spiro atoms. The number of rotatable bonds is 4. The molecule has 1 N–H and O–H groups in total. The van der Waals surface area contributed by atoms with Crippen LogP contribution in [0, 0.1) is 6.92 Å². The van der Waals surface area contributed by atoms with E-state index in [1.807, 2.05) is 43.3 Å². The normalized spacial score (nSPS) is 16.7. The maximum atomic E-state index is 12.9. The van der Waals surface area contributed by atoms with Gasteiger partial charge in [-0.25, -0.2) is 8.42 Å². The molecule has 6 heteroatoms. The summed E-state index contributed by atoms with van der Waals surface area (Å²) in [4.78, 5) is 2.57. The average molecular weight is 375 g/mol. The van der Waals surface area contributed by atoms with Crippen molar-refractivity contribution in [3.63, 3.8) is 0 Å². The summed E-state index contributed by atoms with van der Waals surface area (Å²) in [5.41, 5.74) is 1.82. The zero-order chi connectivity index (χ0) is 18.9. The van der Waals surface area contributed by atoms with Crippen LogP contribution < -0.4 is 4.90 Å². The number of piperazine rings is 1. The van der Waals surface area contributed by atoms with E-state index in [0.717, 1.165) is 16.8 Å². The minimum absolute atomic E-state index is 0.392. The third-order valence-electron chi connectivity index (χ3n) is 4.89. The first kappa shape index (κ1) is 18.9. The molecule has 1 fully saturated rings. The molecule has 2 aromatic rings. The lowest BCUT2D eigenvalue weighted by molar-refractivity contribution is 0.0786. The molecule has 26 heavy (non-hydrogen) atoms. The van der Waals surface area contributed by atoms with E-state index in [2.05, 4.69) is 4.90 Å². The van der Waals surface area contributed by atoms with Crippen LogP contribution in [0.1, 0.15) is 25.0 Å². The fourth-order valence-electron chi connectivity index (χ4n) is 3.25. The van der Waals surface area contributed by atoms with E-state index in [1.54, 1.807) is 30.3 Å². The van der Waals surface area contributed by atoms with Crippen LogP contribution >= 0.6 is 0 Å². The van der Waals surface area contributed by atoms with E-state index in [4.69, 9.17) is 0 Å². The zero-order valence-corrected chi connectivity index (χ0v) is 16.3. The largest absolute Gasteiger partial charge is 0.386 e. The molecule has 2 aromatic carbocycles. The van der Waals surface area contributed by atoms with Gasteiger partial charge in [0.05, 0.1) is 10.5 Å². The number of aryl methyl sites for hydroxylation is 1. The molecular weight excluding hydrogens is 348 g/mol. The van der Waals surface area contributed by atoms with Crippen LogP contribution in [-0.4, -0.2) is 44.0 Å². The second kappa shape index (κ2) is 7.02. The molecule has 0 aliphatic carbocycles. The third kappa shape index (κ3) is 3.77. The summed E-state index contributed by atoms with van der Waals surface area (Å²) in [6, 6.07) is 14.9. The number of sulfonamides is 1. The molecule has 0 atom stereocenters. The fraction of sp³-hybridized carbons (Fsp3) is 0.400. The Kier molecular flexibility index (Phi) is 5.10.